The van der Waals surface area contributed by atoms with Gasteiger partial charge in [-0.15, -0.1) is 0 Å². The lowest BCUT2D eigenvalue weighted by Gasteiger charge is -2.02. The highest BCUT2D eigenvalue weighted by molar-refractivity contribution is 7.82. The zero-order valence-electron chi connectivity index (χ0n) is 4.57. The monoisotopic (exact) mass is 114 g/mol. The molecule has 0 amide bonds. The Bertz CT molecular complexity index is 101. The van der Waals surface area contributed by atoms with Crippen LogP contribution in [0.1, 0.15) is 19.8 Å². The van der Waals surface area contributed by atoms with Gasteiger partial charge in [0.05, 0.1) is 0 Å². The summed E-state index contributed by atoms with van der Waals surface area (Å²) >= 11 is 4.36. The van der Waals surface area contributed by atoms with Gasteiger partial charge in [-0.3, -0.25) is 0 Å². The molecule has 1 rings (SSSR count). The quantitative estimate of drug-likeness (QED) is 0.391. The predicted octanol–water partition coefficient (Wildman–Crippen LogP) is 2.02. The Morgan fingerprint density at radius 2 is 2.14 bits per heavy atom. The van der Waals surface area contributed by atoms with Crippen LogP contribution in [0.25, 0.3) is 0 Å². The van der Waals surface area contributed by atoms with Gasteiger partial charge in [-0.2, -0.15) is 12.6 Å². The van der Waals surface area contributed by atoms with Crippen molar-refractivity contribution in [1.82, 2.24) is 0 Å². The fourth-order valence-electron chi connectivity index (χ4n) is 0.545. The zero-order valence-corrected chi connectivity index (χ0v) is 5.46. The second-order valence-corrected chi connectivity index (χ2v) is 3.17. The third-order valence-corrected chi connectivity index (χ3v) is 2.35. The summed E-state index contributed by atoms with van der Waals surface area (Å²) in [5, 5.41) is 0. The molecule has 0 spiro atoms. The van der Waals surface area contributed by atoms with E-state index >= 15 is 0 Å². The molecule has 1 heteroatoms. The van der Waals surface area contributed by atoms with Crippen LogP contribution in [0.2, 0.25) is 0 Å². The lowest BCUT2D eigenvalue weighted by molar-refractivity contribution is 1.09. The molecule has 1 fully saturated rings. The highest BCUT2D eigenvalue weighted by Crippen LogP contribution is 2.47. The molecule has 0 N–H and O–H groups in total. The van der Waals surface area contributed by atoms with Crippen molar-refractivity contribution in [1.29, 1.82) is 0 Å². The van der Waals surface area contributed by atoms with Crippen molar-refractivity contribution < 1.29 is 0 Å². The smallest absolute Gasteiger partial charge is 0.0333 e. The number of hydrogen-bond donors (Lipinski definition) is 1. The minimum absolute atomic E-state index is 0.250. The van der Waals surface area contributed by atoms with E-state index in [9.17, 15) is 0 Å². The summed E-state index contributed by atoms with van der Waals surface area (Å²) in [5.74, 6) is 0. The van der Waals surface area contributed by atoms with E-state index in [0.29, 0.717) is 0 Å². The Hall–Kier alpha value is 0.0900. The second-order valence-electron chi connectivity index (χ2n) is 2.31. The maximum absolute atomic E-state index is 4.36. The Labute approximate surface area is 50.0 Å². The van der Waals surface area contributed by atoms with Crippen LogP contribution in [0, 0.1) is 0 Å². The van der Waals surface area contributed by atoms with Gasteiger partial charge in [-0.1, -0.05) is 12.2 Å². The minimum atomic E-state index is 0.250. The summed E-state index contributed by atoms with van der Waals surface area (Å²) in [4.78, 5) is 0. The fraction of sp³-hybridized carbons (Fsp3) is 0.667. The Morgan fingerprint density at radius 3 is 2.14 bits per heavy atom. The van der Waals surface area contributed by atoms with Crippen LogP contribution in [0.15, 0.2) is 12.2 Å². The van der Waals surface area contributed by atoms with Gasteiger partial charge in [-0.05, 0) is 19.8 Å². The lowest BCUT2D eigenvalue weighted by Crippen LogP contribution is -1.95. The topological polar surface area (TPSA) is 0 Å². The summed E-state index contributed by atoms with van der Waals surface area (Å²) in [6.07, 6.45) is 2.46. The van der Waals surface area contributed by atoms with Crippen molar-refractivity contribution in [3.05, 3.63) is 12.2 Å². The molecule has 0 aliphatic heterocycles. The van der Waals surface area contributed by atoms with E-state index in [-0.39, 0.29) is 4.75 Å². The van der Waals surface area contributed by atoms with Gasteiger partial charge in [0.25, 0.3) is 0 Å². The van der Waals surface area contributed by atoms with Crippen molar-refractivity contribution in [2.75, 3.05) is 0 Å². The van der Waals surface area contributed by atoms with E-state index < -0.39 is 0 Å². The molecule has 1 aliphatic rings. The molecule has 0 unspecified atom stereocenters. The Morgan fingerprint density at radius 1 is 1.71 bits per heavy atom. The maximum atomic E-state index is 4.36. The molecular formula is C6H10S. The first-order chi connectivity index (χ1) is 3.15. The molecule has 1 saturated carbocycles. The molecule has 1 aliphatic carbocycles. The maximum Gasteiger partial charge on any atom is 0.0333 e. The van der Waals surface area contributed by atoms with Crippen LogP contribution in [-0.2, 0) is 0 Å². The third-order valence-electron chi connectivity index (χ3n) is 1.52. The molecule has 40 valence electrons. The molecule has 0 nitrogen and oxygen atoms in total. The molecule has 0 aromatic rings. The first-order valence-corrected chi connectivity index (χ1v) is 2.98. The number of rotatable bonds is 1. The van der Waals surface area contributed by atoms with Crippen LogP contribution >= 0.6 is 12.6 Å². The first-order valence-electron chi connectivity index (χ1n) is 2.53. The van der Waals surface area contributed by atoms with E-state index in [2.05, 4.69) is 19.2 Å². The van der Waals surface area contributed by atoms with Gasteiger partial charge in [0.1, 0.15) is 0 Å². The predicted molar refractivity (Wildman–Crippen MR) is 35.8 cm³/mol. The normalized spacial score (nSPS) is 24.3. The van der Waals surface area contributed by atoms with Crippen molar-refractivity contribution >= 4 is 12.6 Å². The first kappa shape index (κ1) is 5.23. The Kier molecular flexibility index (Phi) is 0.959. The average molecular weight is 114 g/mol. The highest BCUT2D eigenvalue weighted by atomic mass is 32.1. The van der Waals surface area contributed by atoms with Crippen molar-refractivity contribution in [2.45, 2.75) is 24.5 Å². The van der Waals surface area contributed by atoms with Crippen molar-refractivity contribution in [2.24, 2.45) is 0 Å². The van der Waals surface area contributed by atoms with Gasteiger partial charge >= 0.3 is 0 Å². The van der Waals surface area contributed by atoms with E-state index in [0.717, 1.165) is 0 Å². The summed E-state index contributed by atoms with van der Waals surface area (Å²) in [6.45, 7) is 5.85. The third kappa shape index (κ3) is 0.828. The standard InChI is InChI=1S/C6H10S/c1-5(2)6(7)3-4-6/h7H,1,3-4H2,2H3. The minimum Gasteiger partial charge on any atom is -0.168 e. The molecular weight excluding hydrogens is 104 g/mol. The SMILES string of the molecule is C=C(C)C1(S)CC1. The zero-order chi connectivity index (χ0) is 5.49. The molecule has 0 atom stereocenters. The fourth-order valence-corrected chi connectivity index (χ4v) is 0.657. The van der Waals surface area contributed by atoms with Crippen LogP contribution in [0.3, 0.4) is 0 Å². The largest absolute Gasteiger partial charge is 0.168 e. The molecule has 0 heterocycles. The van der Waals surface area contributed by atoms with Gasteiger partial charge in [0.2, 0.25) is 0 Å². The molecule has 7 heavy (non-hydrogen) atoms. The Balaban J connectivity index is 2.55. The number of thiol groups is 1. The molecule has 0 bridgehead atoms. The molecule has 0 radical (unpaired) electrons. The lowest BCUT2D eigenvalue weighted by atomic mass is 10.2. The van der Waals surface area contributed by atoms with Crippen LogP contribution in [0.4, 0.5) is 0 Å². The van der Waals surface area contributed by atoms with Gasteiger partial charge in [0, 0.05) is 4.75 Å². The van der Waals surface area contributed by atoms with Gasteiger partial charge < -0.3 is 0 Å². The summed E-state index contributed by atoms with van der Waals surface area (Å²) < 4.78 is 0.250. The molecule has 0 aromatic carbocycles. The van der Waals surface area contributed by atoms with E-state index in [1.54, 1.807) is 0 Å². The van der Waals surface area contributed by atoms with E-state index in [4.69, 9.17) is 0 Å². The molecule has 0 saturated heterocycles. The molecule has 0 aromatic heterocycles. The summed E-state index contributed by atoms with van der Waals surface area (Å²) in [6, 6.07) is 0. The van der Waals surface area contributed by atoms with E-state index in [1.165, 1.54) is 18.4 Å². The van der Waals surface area contributed by atoms with Crippen LogP contribution in [-0.4, -0.2) is 4.75 Å². The summed E-state index contributed by atoms with van der Waals surface area (Å²) in [5.41, 5.74) is 1.22. The second kappa shape index (κ2) is 1.28. The van der Waals surface area contributed by atoms with E-state index in [1.807, 2.05) is 6.92 Å². The van der Waals surface area contributed by atoms with Crippen molar-refractivity contribution in [3.63, 3.8) is 0 Å². The van der Waals surface area contributed by atoms with Crippen molar-refractivity contribution in [3.8, 4) is 0 Å². The van der Waals surface area contributed by atoms with Crippen LogP contribution in [0.5, 0.6) is 0 Å². The summed E-state index contributed by atoms with van der Waals surface area (Å²) in [7, 11) is 0. The van der Waals surface area contributed by atoms with Gasteiger partial charge in [0.15, 0.2) is 0 Å². The van der Waals surface area contributed by atoms with Gasteiger partial charge in [-0.25, -0.2) is 0 Å². The average Bonchev–Trinajstić information content (AvgIpc) is 2.21. The van der Waals surface area contributed by atoms with Crippen LogP contribution < -0.4 is 0 Å². The highest BCUT2D eigenvalue weighted by Gasteiger charge is 2.39. The number of hydrogen-bond acceptors (Lipinski definition) is 1.